The van der Waals surface area contributed by atoms with Gasteiger partial charge in [0.2, 0.25) is 11.8 Å². The highest BCUT2D eigenvalue weighted by Gasteiger charge is 2.40. The maximum atomic E-state index is 12.5. The molecule has 0 spiro atoms. The largest absolute Gasteiger partial charge is 0.385 e. The smallest absolute Gasteiger partial charge is 0.245 e. The predicted molar refractivity (Wildman–Crippen MR) is 78.3 cm³/mol. The maximum Gasteiger partial charge on any atom is 0.245 e. The predicted octanol–water partition coefficient (Wildman–Crippen LogP) is 1.56. The highest BCUT2D eigenvalue weighted by molar-refractivity contribution is 5.97. The number of hydrogen-bond acceptors (Lipinski definition) is 3. The number of amides is 2. The Labute approximate surface area is 122 Å². The van der Waals surface area contributed by atoms with Crippen LogP contribution in [0.25, 0.3) is 0 Å². The first-order valence-electron chi connectivity index (χ1n) is 7.62. The molecular weight excluding hydrogens is 256 g/mol. The van der Waals surface area contributed by atoms with Crippen molar-refractivity contribution in [2.24, 2.45) is 5.92 Å². The van der Waals surface area contributed by atoms with Crippen molar-refractivity contribution in [2.75, 3.05) is 20.3 Å². The van der Waals surface area contributed by atoms with Gasteiger partial charge in [-0.25, -0.2) is 0 Å². The third-order valence-corrected chi connectivity index (χ3v) is 3.71. The van der Waals surface area contributed by atoms with Gasteiger partial charge in [-0.1, -0.05) is 27.2 Å². The quantitative estimate of drug-likeness (QED) is 0.688. The molecule has 2 atom stereocenters. The molecule has 1 heterocycles. The molecule has 2 amide bonds. The minimum Gasteiger partial charge on any atom is -0.385 e. The lowest BCUT2D eigenvalue weighted by atomic mass is 9.95. The topological polar surface area (TPSA) is 58.6 Å². The molecule has 0 radical (unpaired) electrons. The molecule has 1 saturated heterocycles. The zero-order valence-electron chi connectivity index (χ0n) is 13.1. The van der Waals surface area contributed by atoms with Crippen molar-refractivity contribution in [3.05, 3.63) is 0 Å². The van der Waals surface area contributed by atoms with Crippen LogP contribution in [0.15, 0.2) is 0 Å². The number of methoxy groups -OCH3 is 1. The van der Waals surface area contributed by atoms with E-state index in [9.17, 15) is 9.59 Å². The first-order valence-corrected chi connectivity index (χ1v) is 7.62. The average Bonchev–Trinajstić information content (AvgIpc) is 2.39. The Balaban J connectivity index is 2.73. The van der Waals surface area contributed by atoms with Crippen molar-refractivity contribution in [3.63, 3.8) is 0 Å². The first kappa shape index (κ1) is 17.0. The number of rotatable bonds is 8. The van der Waals surface area contributed by atoms with Crippen molar-refractivity contribution in [1.29, 1.82) is 0 Å². The normalized spacial score (nSPS) is 23.4. The van der Waals surface area contributed by atoms with Gasteiger partial charge in [0.25, 0.3) is 0 Å². The Morgan fingerprint density at radius 2 is 2.00 bits per heavy atom. The monoisotopic (exact) mass is 284 g/mol. The number of unbranched alkanes of at least 4 members (excludes halogenated alkanes) is 1. The van der Waals surface area contributed by atoms with Crippen LogP contribution in [-0.2, 0) is 14.3 Å². The van der Waals surface area contributed by atoms with E-state index in [-0.39, 0.29) is 29.8 Å². The fourth-order valence-corrected chi connectivity index (χ4v) is 2.72. The fraction of sp³-hybridized carbons (Fsp3) is 0.867. The molecule has 0 aromatic carbocycles. The zero-order valence-corrected chi connectivity index (χ0v) is 13.1. The van der Waals surface area contributed by atoms with Gasteiger partial charge < -0.3 is 15.0 Å². The number of nitrogens with one attached hydrogen (secondary N) is 1. The molecule has 0 aliphatic carbocycles. The van der Waals surface area contributed by atoms with Crippen LogP contribution < -0.4 is 5.32 Å². The third-order valence-electron chi connectivity index (χ3n) is 3.71. The SMILES string of the molecule is CCCC1NC(=O)C(C(C)C)N(CCCCOC)C1=O. The molecule has 0 saturated carbocycles. The van der Waals surface area contributed by atoms with Crippen LogP contribution in [0.3, 0.4) is 0 Å². The summed E-state index contributed by atoms with van der Waals surface area (Å²) in [5.41, 5.74) is 0. The Bertz CT molecular complexity index is 331. The second-order valence-electron chi connectivity index (χ2n) is 5.77. The summed E-state index contributed by atoms with van der Waals surface area (Å²) in [4.78, 5) is 26.5. The molecule has 0 aromatic heterocycles. The van der Waals surface area contributed by atoms with E-state index in [2.05, 4.69) is 5.32 Å². The first-order chi connectivity index (χ1) is 9.52. The Morgan fingerprint density at radius 1 is 1.30 bits per heavy atom. The second-order valence-corrected chi connectivity index (χ2v) is 5.77. The second kappa shape index (κ2) is 8.25. The van der Waals surface area contributed by atoms with Gasteiger partial charge in [0.05, 0.1) is 0 Å². The van der Waals surface area contributed by atoms with Gasteiger partial charge in [-0.2, -0.15) is 0 Å². The number of hydrogen-bond donors (Lipinski definition) is 1. The van der Waals surface area contributed by atoms with Crippen LogP contribution >= 0.6 is 0 Å². The van der Waals surface area contributed by atoms with E-state index in [0.717, 1.165) is 19.3 Å². The van der Waals surface area contributed by atoms with Gasteiger partial charge in [-0.15, -0.1) is 0 Å². The molecule has 1 rings (SSSR count). The lowest BCUT2D eigenvalue weighted by Crippen LogP contribution is -2.64. The summed E-state index contributed by atoms with van der Waals surface area (Å²) in [5.74, 6) is 0.191. The Hall–Kier alpha value is -1.10. The lowest BCUT2D eigenvalue weighted by Gasteiger charge is -2.41. The summed E-state index contributed by atoms with van der Waals surface area (Å²) in [6.07, 6.45) is 3.38. The van der Waals surface area contributed by atoms with Crippen LogP contribution in [0.2, 0.25) is 0 Å². The Kier molecular flexibility index (Phi) is 6.99. The van der Waals surface area contributed by atoms with E-state index in [1.54, 1.807) is 12.0 Å². The van der Waals surface area contributed by atoms with E-state index in [1.165, 1.54) is 0 Å². The standard InChI is InChI=1S/C15H28N2O3/c1-5-8-12-15(19)17(9-6-7-10-20-4)13(11(2)3)14(18)16-12/h11-13H,5-10H2,1-4H3,(H,16,18). The molecule has 1 fully saturated rings. The number of carbonyl (C=O) groups is 2. The van der Waals surface area contributed by atoms with Crippen LogP contribution in [0.5, 0.6) is 0 Å². The van der Waals surface area contributed by atoms with Crippen molar-refractivity contribution in [3.8, 4) is 0 Å². The molecular formula is C15H28N2O3. The number of carbonyl (C=O) groups excluding carboxylic acids is 2. The van der Waals surface area contributed by atoms with Gasteiger partial charge in [0.15, 0.2) is 0 Å². The molecule has 2 unspecified atom stereocenters. The molecule has 116 valence electrons. The van der Waals surface area contributed by atoms with Crippen LogP contribution in [0.1, 0.15) is 46.5 Å². The highest BCUT2D eigenvalue weighted by atomic mass is 16.5. The third kappa shape index (κ3) is 4.20. The van der Waals surface area contributed by atoms with Crippen LogP contribution in [0, 0.1) is 5.92 Å². The van der Waals surface area contributed by atoms with Gasteiger partial charge in [0, 0.05) is 20.3 Å². The van der Waals surface area contributed by atoms with E-state index in [0.29, 0.717) is 19.6 Å². The number of nitrogens with zero attached hydrogens (tertiary/aromatic N) is 1. The molecule has 1 N–H and O–H groups in total. The molecule has 0 aromatic rings. The minimum absolute atomic E-state index is 0.00945. The van der Waals surface area contributed by atoms with Gasteiger partial charge >= 0.3 is 0 Å². The highest BCUT2D eigenvalue weighted by Crippen LogP contribution is 2.20. The summed E-state index contributed by atoms with van der Waals surface area (Å²) in [7, 11) is 1.67. The summed E-state index contributed by atoms with van der Waals surface area (Å²) in [5, 5.41) is 2.88. The minimum atomic E-state index is -0.343. The van der Waals surface area contributed by atoms with Crippen molar-refractivity contribution in [2.45, 2.75) is 58.5 Å². The van der Waals surface area contributed by atoms with Gasteiger partial charge in [0.1, 0.15) is 12.1 Å². The van der Waals surface area contributed by atoms with E-state index in [1.807, 2.05) is 20.8 Å². The van der Waals surface area contributed by atoms with Crippen LogP contribution in [-0.4, -0.2) is 49.1 Å². The fourth-order valence-electron chi connectivity index (χ4n) is 2.72. The molecule has 0 bridgehead atoms. The number of piperazine rings is 1. The van der Waals surface area contributed by atoms with Crippen molar-refractivity contribution < 1.29 is 14.3 Å². The van der Waals surface area contributed by atoms with Crippen LogP contribution in [0.4, 0.5) is 0 Å². The zero-order chi connectivity index (χ0) is 15.1. The number of ether oxygens (including phenoxy) is 1. The molecule has 5 heteroatoms. The van der Waals surface area contributed by atoms with Crippen molar-refractivity contribution >= 4 is 11.8 Å². The van der Waals surface area contributed by atoms with Gasteiger partial charge in [-0.05, 0) is 25.2 Å². The maximum absolute atomic E-state index is 12.5. The molecule has 1 aliphatic heterocycles. The van der Waals surface area contributed by atoms with Crippen molar-refractivity contribution in [1.82, 2.24) is 10.2 Å². The van der Waals surface area contributed by atoms with Gasteiger partial charge in [-0.3, -0.25) is 9.59 Å². The molecule has 1 aliphatic rings. The lowest BCUT2D eigenvalue weighted by molar-refractivity contribution is -0.151. The van der Waals surface area contributed by atoms with E-state index in [4.69, 9.17) is 4.74 Å². The van der Waals surface area contributed by atoms with E-state index >= 15 is 0 Å². The average molecular weight is 284 g/mol. The molecule has 20 heavy (non-hydrogen) atoms. The molecule has 5 nitrogen and oxygen atoms in total. The summed E-state index contributed by atoms with van der Waals surface area (Å²) >= 11 is 0. The summed E-state index contributed by atoms with van der Waals surface area (Å²) < 4.78 is 5.03. The summed E-state index contributed by atoms with van der Waals surface area (Å²) in [6.45, 7) is 7.33. The van der Waals surface area contributed by atoms with E-state index < -0.39 is 0 Å². The summed E-state index contributed by atoms with van der Waals surface area (Å²) in [6, 6.07) is -0.678. The Morgan fingerprint density at radius 3 is 2.55 bits per heavy atom.